The molecule has 1 rings (SSSR count). The third-order valence-corrected chi connectivity index (χ3v) is 11.5. The number of benzene rings is 1. The van der Waals surface area contributed by atoms with Crippen molar-refractivity contribution in [2.24, 2.45) is 17.4 Å². The number of rotatable bonds is 35. The molecular weight excluding hydrogens is 1020 g/mol. The van der Waals surface area contributed by atoms with E-state index in [9.17, 15) is 88.2 Å². The number of nitrogens with one attached hydrogen (secondary N) is 9. The Balaban J connectivity index is 3.23. The molecule has 0 fully saturated rings. The lowest BCUT2D eigenvalue weighted by Gasteiger charge is -2.27. The van der Waals surface area contributed by atoms with Crippen LogP contribution in [0.1, 0.15) is 64.9 Å². The van der Waals surface area contributed by atoms with E-state index in [1.54, 1.807) is 13.8 Å². The zero-order chi connectivity index (χ0) is 57.1. The summed E-state index contributed by atoms with van der Waals surface area (Å²) in [5, 5.41) is 86.8. The van der Waals surface area contributed by atoms with Crippen molar-refractivity contribution in [2.45, 2.75) is 126 Å². The van der Waals surface area contributed by atoms with E-state index in [0.29, 0.717) is 12.0 Å². The molecule has 0 bridgehead atoms. The van der Waals surface area contributed by atoms with E-state index in [1.165, 1.54) is 31.2 Å². The number of amides is 9. The Morgan fingerprint density at radius 1 is 0.587 bits per heavy atom. The van der Waals surface area contributed by atoms with Gasteiger partial charge in [-0.15, -0.1) is 0 Å². The van der Waals surface area contributed by atoms with Gasteiger partial charge in [-0.3, -0.25) is 52.7 Å². The second-order valence-electron chi connectivity index (χ2n) is 17.1. The Labute approximate surface area is 435 Å². The van der Waals surface area contributed by atoms with Crippen molar-refractivity contribution in [1.29, 1.82) is 0 Å². The third kappa shape index (κ3) is 23.7. The molecule has 0 saturated heterocycles. The van der Waals surface area contributed by atoms with Crippen LogP contribution in [0.25, 0.3) is 0 Å². The van der Waals surface area contributed by atoms with Gasteiger partial charge in [-0.1, -0.05) is 32.4 Å². The van der Waals surface area contributed by atoms with Crippen molar-refractivity contribution in [3.8, 4) is 5.75 Å². The molecule has 9 amide bonds. The molecule has 75 heavy (non-hydrogen) atoms. The zero-order valence-electron chi connectivity index (χ0n) is 41.3. The van der Waals surface area contributed by atoms with Crippen molar-refractivity contribution in [3.05, 3.63) is 29.8 Å². The number of carboxylic acid groups (broad SMARTS) is 3. The summed E-state index contributed by atoms with van der Waals surface area (Å²) in [6.07, 6.45) is -3.16. The number of hydrogen-bond acceptors (Lipinski definition) is 19. The number of aliphatic hydroxyl groups is 3. The first-order valence-electron chi connectivity index (χ1n) is 23.3. The highest BCUT2D eigenvalue weighted by Crippen LogP contribution is 2.13. The van der Waals surface area contributed by atoms with Gasteiger partial charge in [0.25, 0.3) is 0 Å². The zero-order valence-corrected chi connectivity index (χ0v) is 42.2. The van der Waals surface area contributed by atoms with Crippen LogP contribution in [0.3, 0.4) is 0 Å². The average Bonchev–Trinajstić information content (AvgIpc) is 3.35. The van der Waals surface area contributed by atoms with Gasteiger partial charge in [0.2, 0.25) is 53.2 Å². The number of aliphatic carboxylic acids is 3. The normalized spacial score (nSPS) is 15.4. The largest absolute Gasteiger partial charge is 0.508 e. The maximum Gasteiger partial charge on any atom is 0.328 e. The monoisotopic (exact) mass is 1090 g/mol. The number of hydrogen-bond donors (Lipinski definition) is 19. The van der Waals surface area contributed by atoms with Crippen molar-refractivity contribution in [1.82, 2.24) is 47.9 Å². The van der Waals surface area contributed by atoms with Gasteiger partial charge in [0.1, 0.15) is 60.1 Å². The lowest BCUT2D eigenvalue weighted by Crippen LogP contribution is -2.61. The minimum Gasteiger partial charge on any atom is -0.508 e. The number of nitrogens with two attached hydrogens (primary N) is 2. The number of phenolic OH excluding ortho intramolecular Hbond substituents is 1. The first-order chi connectivity index (χ1) is 35.2. The van der Waals surface area contributed by atoms with Gasteiger partial charge in [-0.25, -0.2) is 4.79 Å². The highest BCUT2D eigenvalue weighted by molar-refractivity contribution is 7.80. The second-order valence-corrected chi connectivity index (χ2v) is 17.4. The molecular formula is C44H69N11O19S. The molecule has 30 nitrogen and oxygen atoms in total. The van der Waals surface area contributed by atoms with Crippen molar-refractivity contribution in [3.63, 3.8) is 0 Å². The molecule has 1 aromatic rings. The van der Waals surface area contributed by atoms with E-state index in [0.717, 1.165) is 0 Å². The minimum atomic E-state index is -2.02. The maximum atomic E-state index is 13.7. The van der Waals surface area contributed by atoms with E-state index in [4.69, 9.17) is 16.6 Å². The van der Waals surface area contributed by atoms with Gasteiger partial charge < -0.3 is 95.1 Å². The first-order valence-corrected chi connectivity index (χ1v) is 24.0. The first kappa shape index (κ1) is 65.8. The minimum absolute atomic E-state index is 0.0730. The van der Waals surface area contributed by atoms with Crippen LogP contribution in [-0.4, -0.2) is 199 Å². The SMILES string of the molecule is CC[C@H](C)[C@H](NC(=O)CNC(=O)[C@H](CC(=O)O)NC(=O)[C@H](CC(=O)O)NC(=O)[C@H](Cc1ccc(O)cc1)NC(=O)[C@@H](N)[C@@H](C)O)C(=O)N[C@@H](CS)C(=O)N[C@@H](CCCCN)C(=O)N[C@@H](CO)C(=O)N[C@@H](CO)C(=O)O. The summed E-state index contributed by atoms with van der Waals surface area (Å²) >= 11 is 4.14. The van der Waals surface area contributed by atoms with Crippen LogP contribution in [0.15, 0.2) is 24.3 Å². The predicted molar refractivity (Wildman–Crippen MR) is 262 cm³/mol. The fourth-order valence-electron chi connectivity index (χ4n) is 6.51. The summed E-state index contributed by atoms with van der Waals surface area (Å²) in [5.41, 5.74) is 11.6. The summed E-state index contributed by atoms with van der Waals surface area (Å²) in [7, 11) is 0. The molecule has 0 radical (unpaired) electrons. The van der Waals surface area contributed by atoms with Gasteiger partial charge in [-0.05, 0) is 56.3 Å². The number of aliphatic hydroxyl groups excluding tert-OH is 3. The number of carbonyl (C=O) groups excluding carboxylic acids is 9. The van der Waals surface area contributed by atoms with Gasteiger partial charge in [0.15, 0.2) is 0 Å². The fourth-order valence-corrected chi connectivity index (χ4v) is 6.76. The molecule has 0 aromatic heterocycles. The molecule has 0 aliphatic carbocycles. The Morgan fingerprint density at radius 3 is 1.53 bits per heavy atom. The summed E-state index contributed by atoms with van der Waals surface area (Å²) in [5.74, 6) is -16.1. The van der Waals surface area contributed by atoms with Gasteiger partial charge in [0.05, 0.1) is 38.7 Å². The van der Waals surface area contributed by atoms with Crippen LogP contribution >= 0.6 is 12.6 Å². The molecule has 0 saturated carbocycles. The van der Waals surface area contributed by atoms with Crippen molar-refractivity contribution < 1.29 is 93.3 Å². The highest BCUT2D eigenvalue weighted by atomic mass is 32.1. The maximum absolute atomic E-state index is 13.7. The molecule has 11 atom stereocenters. The number of thiol groups is 1. The predicted octanol–water partition coefficient (Wildman–Crippen LogP) is -7.24. The number of phenols is 1. The quantitative estimate of drug-likeness (QED) is 0.0222. The Morgan fingerprint density at radius 2 is 1.04 bits per heavy atom. The molecule has 1 aromatic carbocycles. The Bertz CT molecular complexity index is 2150. The van der Waals surface area contributed by atoms with Crippen LogP contribution in [0.5, 0.6) is 5.75 Å². The van der Waals surface area contributed by atoms with Gasteiger partial charge in [-0.2, -0.15) is 12.6 Å². The van der Waals surface area contributed by atoms with Crippen molar-refractivity contribution in [2.75, 3.05) is 32.1 Å². The summed E-state index contributed by atoms with van der Waals surface area (Å²) in [6, 6.07) is -9.66. The van der Waals surface area contributed by atoms with Crippen LogP contribution < -0.4 is 59.3 Å². The summed E-state index contributed by atoms with van der Waals surface area (Å²) in [4.78, 5) is 154. The topological polar surface area (TPSA) is 507 Å². The fraction of sp³-hybridized carbons (Fsp3) is 0.591. The van der Waals surface area contributed by atoms with Crippen LogP contribution in [0.2, 0.25) is 0 Å². The Kier molecular flexibility index (Phi) is 29.5. The molecule has 31 heteroatoms. The molecule has 420 valence electrons. The molecule has 0 unspecified atom stereocenters. The molecule has 0 heterocycles. The number of unbranched alkanes of at least 4 members (excludes halogenated alkanes) is 1. The number of carbonyl (C=O) groups is 12. The van der Waals surface area contributed by atoms with Crippen LogP contribution in [0.4, 0.5) is 0 Å². The molecule has 0 aliphatic rings. The summed E-state index contributed by atoms with van der Waals surface area (Å²) < 4.78 is 0. The van der Waals surface area contributed by atoms with E-state index < -0.39 is 170 Å². The van der Waals surface area contributed by atoms with E-state index in [1.807, 2.05) is 10.6 Å². The van der Waals surface area contributed by atoms with E-state index >= 15 is 0 Å². The van der Waals surface area contributed by atoms with Gasteiger partial charge >= 0.3 is 17.9 Å². The lowest BCUT2D eigenvalue weighted by atomic mass is 9.98. The smallest absolute Gasteiger partial charge is 0.328 e. The lowest BCUT2D eigenvalue weighted by molar-refractivity contribution is -0.143. The number of carboxylic acids is 3. The molecule has 0 aliphatic heterocycles. The Hall–Kier alpha value is -7.19. The van der Waals surface area contributed by atoms with Crippen LogP contribution in [-0.2, 0) is 64.0 Å². The van der Waals surface area contributed by atoms with Gasteiger partial charge in [0, 0.05) is 12.2 Å². The van der Waals surface area contributed by atoms with E-state index in [-0.39, 0.29) is 43.7 Å². The number of aromatic hydroxyl groups is 1. The van der Waals surface area contributed by atoms with E-state index in [2.05, 4.69) is 49.8 Å². The highest BCUT2D eigenvalue weighted by Gasteiger charge is 2.36. The standard InChI is InChI=1S/C44H69N11O19S/c1-4-20(2)35(43(72)54-30(19-75)41(70)48-24(7-5-6-12-45)37(66)52-28(17-56)40(69)53-29(18-57)44(73)74)55-31(60)16-47-36(65)26(14-32(61)62)49-39(68)27(15-33(63)64)50-38(67)25(51-42(71)34(46)21(3)58)13-22-8-10-23(59)11-9-22/h8-11,20-21,24-30,34-35,56-59,75H,4-7,12-19,45-46H2,1-3H3,(H,47,65)(H,48,70)(H,49,68)(H,50,67)(H,51,71)(H,52,66)(H,53,69)(H,54,72)(H,55,60)(H,61,62)(H,63,64)(H,73,74)/t20-,21+,24-,25-,26-,27-,28-,29-,30-,34-,35-/m0/s1. The summed E-state index contributed by atoms with van der Waals surface area (Å²) in [6.45, 7) is 1.60. The second kappa shape index (κ2) is 33.6. The third-order valence-electron chi connectivity index (χ3n) is 11.1. The van der Waals surface area contributed by atoms with Crippen LogP contribution in [0, 0.1) is 5.92 Å². The molecule has 0 spiro atoms. The van der Waals surface area contributed by atoms with Crippen molar-refractivity contribution >= 4 is 83.7 Å². The molecule has 20 N–H and O–H groups in total. The average molecular weight is 1090 g/mol.